The number of sulfonamides is 1. The number of aromatic nitrogens is 1. The van der Waals surface area contributed by atoms with E-state index in [9.17, 15) is 13.5 Å². The van der Waals surface area contributed by atoms with Crippen LogP contribution in [0.1, 0.15) is 21.4 Å². The van der Waals surface area contributed by atoms with Crippen LogP contribution in [0.2, 0.25) is 0 Å². The van der Waals surface area contributed by atoms with Crippen LogP contribution in [0.15, 0.2) is 58.4 Å². The summed E-state index contributed by atoms with van der Waals surface area (Å²) < 4.78 is 26.8. The third-order valence-electron chi connectivity index (χ3n) is 3.19. The molecule has 0 spiro atoms. The molecule has 1 unspecified atom stereocenters. The van der Waals surface area contributed by atoms with Gasteiger partial charge in [0, 0.05) is 28.7 Å². The molecule has 1 atom stereocenters. The maximum absolute atomic E-state index is 12.1. The molecule has 0 aliphatic heterocycles. The van der Waals surface area contributed by atoms with Gasteiger partial charge in [-0.15, -0.1) is 11.3 Å². The van der Waals surface area contributed by atoms with Crippen LogP contribution < -0.4 is 4.72 Å². The lowest BCUT2D eigenvalue weighted by Gasteiger charge is -2.06. The minimum Gasteiger partial charge on any atom is -0.383 e. The van der Waals surface area contributed by atoms with E-state index in [0.717, 1.165) is 15.3 Å². The molecule has 3 heterocycles. The Morgan fingerprint density at radius 2 is 2.13 bits per heavy atom. The van der Waals surface area contributed by atoms with Crippen molar-refractivity contribution < 1.29 is 13.5 Å². The van der Waals surface area contributed by atoms with Crippen LogP contribution in [0.3, 0.4) is 0 Å². The highest BCUT2D eigenvalue weighted by Gasteiger charge is 2.16. The van der Waals surface area contributed by atoms with Crippen LogP contribution in [0.4, 0.5) is 0 Å². The Hall–Kier alpha value is -1.58. The standard InChI is InChI=1S/C15H14N2O3S3/c18-15(11-5-7-21-10-11)14-4-3-12(22-14)8-17-23(19,20)13-2-1-6-16-9-13/h1-7,9-10,15,17-18H,8H2. The highest BCUT2D eigenvalue weighted by molar-refractivity contribution is 7.89. The van der Waals surface area contributed by atoms with Gasteiger partial charge in [-0.1, -0.05) is 0 Å². The van der Waals surface area contributed by atoms with E-state index < -0.39 is 16.1 Å². The van der Waals surface area contributed by atoms with Crippen molar-refractivity contribution in [3.8, 4) is 0 Å². The van der Waals surface area contributed by atoms with E-state index in [2.05, 4.69) is 9.71 Å². The number of hydrogen-bond donors (Lipinski definition) is 2. The van der Waals surface area contributed by atoms with Crippen LogP contribution in [-0.4, -0.2) is 18.5 Å². The molecule has 3 rings (SSSR count). The molecule has 0 aliphatic rings. The molecule has 5 nitrogen and oxygen atoms in total. The van der Waals surface area contributed by atoms with Crippen LogP contribution in [0.5, 0.6) is 0 Å². The van der Waals surface area contributed by atoms with E-state index in [1.54, 1.807) is 6.07 Å². The molecule has 0 radical (unpaired) electrons. The van der Waals surface area contributed by atoms with Gasteiger partial charge in [-0.3, -0.25) is 4.98 Å². The van der Waals surface area contributed by atoms with Crippen molar-refractivity contribution in [2.45, 2.75) is 17.5 Å². The Balaban J connectivity index is 1.68. The summed E-state index contributed by atoms with van der Waals surface area (Å²) in [6, 6.07) is 8.59. The largest absolute Gasteiger partial charge is 0.383 e. The number of nitrogens with zero attached hydrogens (tertiary/aromatic N) is 1. The molecule has 0 fully saturated rings. The number of nitrogens with one attached hydrogen (secondary N) is 1. The Bertz CT molecular complexity index is 859. The maximum Gasteiger partial charge on any atom is 0.242 e. The zero-order chi connectivity index (χ0) is 16.3. The molecule has 2 N–H and O–H groups in total. The Labute approximate surface area is 142 Å². The fourth-order valence-electron chi connectivity index (χ4n) is 1.99. The second-order valence-corrected chi connectivity index (χ2v) is 8.52. The predicted molar refractivity (Wildman–Crippen MR) is 91.0 cm³/mol. The molecule has 0 amide bonds. The fourth-order valence-corrected chi connectivity index (χ4v) is 4.69. The molecule has 0 aliphatic carbocycles. The van der Waals surface area contributed by atoms with Gasteiger partial charge in [0.05, 0.1) is 0 Å². The first-order valence-corrected chi connectivity index (χ1v) is 9.99. The number of aliphatic hydroxyl groups is 1. The molecule has 0 bridgehead atoms. The highest BCUT2D eigenvalue weighted by atomic mass is 32.2. The molecular weight excluding hydrogens is 352 g/mol. The van der Waals surface area contributed by atoms with Crippen LogP contribution in [0, 0.1) is 0 Å². The summed E-state index contributed by atoms with van der Waals surface area (Å²) in [6.45, 7) is 0.179. The normalized spacial score (nSPS) is 13.1. The monoisotopic (exact) mass is 366 g/mol. The lowest BCUT2D eigenvalue weighted by atomic mass is 10.2. The van der Waals surface area contributed by atoms with Crippen molar-refractivity contribution in [2.24, 2.45) is 0 Å². The van der Waals surface area contributed by atoms with Crippen molar-refractivity contribution in [3.63, 3.8) is 0 Å². The zero-order valence-corrected chi connectivity index (χ0v) is 14.4. The number of hydrogen-bond acceptors (Lipinski definition) is 6. The van der Waals surface area contributed by atoms with Gasteiger partial charge in [-0.05, 0) is 46.7 Å². The second-order valence-electron chi connectivity index (χ2n) is 4.78. The number of pyridine rings is 1. The van der Waals surface area contributed by atoms with E-state index in [1.807, 2.05) is 29.0 Å². The average Bonchev–Trinajstić information content (AvgIpc) is 3.25. The molecular formula is C15H14N2O3S3. The van der Waals surface area contributed by atoms with E-state index in [1.165, 1.54) is 41.1 Å². The molecule has 23 heavy (non-hydrogen) atoms. The number of aliphatic hydroxyl groups excluding tert-OH is 1. The molecule has 0 aromatic carbocycles. The first-order chi connectivity index (χ1) is 11.1. The highest BCUT2D eigenvalue weighted by Crippen LogP contribution is 2.29. The summed E-state index contributed by atoms with van der Waals surface area (Å²) in [5.74, 6) is 0. The van der Waals surface area contributed by atoms with E-state index in [4.69, 9.17) is 0 Å². The maximum atomic E-state index is 12.1. The smallest absolute Gasteiger partial charge is 0.242 e. The minimum atomic E-state index is -3.58. The van der Waals surface area contributed by atoms with Crippen molar-refractivity contribution in [1.29, 1.82) is 0 Å². The first kappa shape index (κ1) is 16.3. The van der Waals surface area contributed by atoms with Crippen molar-refractivity contribution in [3.05, 3.63) is 68.8 Å². The average molecular weight is 366 g/mol. The predicted octanol–water partition coefficient (Wildman–Crippen LogP) is 2.76. The number of thiophene rings is 2. The topological polar surface area (TPSA) is 79.3 Å². The van der Waals surface area contributed by atoms with Crippen LogP contribution in [0.25, 0.3) is 0 Å². The molecule has 3 aromatic heterocycles. The molecule has 3 aromatic rings. The van der Waals surface area contributed by atoms with E-state index in [0.29, 0.717) is 0 Å². The molecule has 0 saturated carbocycles. The Morgan fingerprint density at radius 1 is 1.26 bits per heavy atom. The summed E-state index contributed by atoms with van der Waals surface area (Å²) in [7, 11) is -3.58. The summed E-state index contributed by atoms with van der Waals surface area (Å²) >= 11 is 2.91. The second kappa shape index (κ2) is 6.90. The van der Waals surface area contributed by atoms with Gasteiger partial charge in [0.1, 0.15) is 11.0 Å². The quantitative estimate of drug-likeness (QED) is 0.703. The van der Waals surface area contributed by atoms with Gasteiger partial charge in [0.15, 0.2) is 0 Å². The third-order valence-corrected chi connectivity index (χ3v) is 6.42. The SMILES string of the molecule is O=S(=O)(NCc1ccc(C(O)c2ccsc2)s1)c1cccnc1. The number of rotatable bonds is 6. The first-order valence-electron chi connectivity index (χ1n) is 6.75. The van der Waals surface area contributed by atoms with E-state index in [-0.39, 0.29) is 11.4 Å². The van der Waals surface area contributed by atoms with Gasteiger partial charge >= 0.3 is 0 Å². The van der Waals surface area contributed by atoms with Crippen LogP contribution in [-0.2, 0) is 16.6 Å². The van der Waals surface area contributed by atoms with Crippen molar-refractivity contribution >= 4 is 32.7 Å². The van der Waals surface area contributed by atoms with Gasteiger partial charge in [-0.25, -0.2) is 13.1 Å². The Morgan fingerprint density at radius 3 is 2.83 bits per heavy atom. The third kappa shape index (κ3) is 3.85. The summed E-state index contributed by atoms with van der Waals surface area (Å²) in [6.07, 6.45) is 2.16. The zero-order valence-electron chi connectivity index (χ0n) is 11.9. The van der Waals surface area contributed by atoms with Gasteiger partial charge < -0.3 is 5.11 Å². The molecule has 0 saturated heterocycles. The molecule has 120 valence electrons. The Kier molecular flexibility index (Phi) is 4.88. The lowest BCUT2D eigenvalue weighted by molar-refractivity contribution is 0.224. The summed E-state index contributed by atoms with van der Waals surface area (Å²) in [4.78, 5) is 5.57. The fraction of sp³-hybridized carbons (Fsp3) is 0.133. The van der Waals surface area contributed by atoms with E-state index >= 15 is 0 Å². The van der Waals surface area contributed by atoms with Gasteiger partial charge in [-0.2, -0.15) is 11.3 Å². The van der Waals surface area contributed by atoms with Gasteiger partial charge in [0.25, 0.3) is 0 Å². The molecule has 8 heteroatoms. The summed E-state index contributed by atoms with van der Waals surface area (Å²) in [5, 5.41) is 14.1. The minimum absolute atomic E-state index is 0.134. The van der Waals surface area contributed by atoms with Gasteiger partial charge in [0.2, 0.25) is 10.0 Å². The van der Waals surface area contributed by atoms with Crippen molar-refractivity contribution in [2.75, 3.05) is 0 Å². The van der Waals surface area contributed by atoms with Crippen molar-refractivity contribution in [1.82, 2.24) is 9.71 Å². The lowest BCUT2D eigenvalue weighted by Crippen LogP contribution is -2.22. The van der Waals surface area contributed by atoms with Crippen LogP contribution >= 0.6 is 22.7 Å². The summed E-state index contributed by atoms with van der Waals surface area (Å²) in [5.41, 5.74) is 0.847.